The first kappa shape index (κ1) is 15.6. The molecule has 1 N–H and O–H groups in total. The smallest absolute Gasteiger partial charge is 0.228 e. The van der Waals surface area contributed by atoms with E-state index in [0.717, 1.165) is 43.0 Å². The third kappa shape index (κ3) is 3.07. The predicted molar refractivity (Wildman–Crippen MR) is 92.5 cm³/mol. The standard InChI is InChI=1S/C17H20N6O2/c1-11-9-14-16(18-5-8-23(14)20-11)22-6-3-13(4-7-22)17(24)19-15-10-12(2)25-21-15/h5,8-10,13H,3-4,6-7H2,1-2H3,(H,19,21,24). The monoisotopic (exact) mass is 340 g/mol. The molecule has 1 fully saturated rings. The number of nitrogens with zero attached hydrogens (tertiary/aromatic N) is 5. The number of aromatic nitrogens is 4. The molecule has 25 heavy (non-hydrogen) atoms. The van der Waals surface area contributed by atoms with E-state index in [-0.39, 0.29) is 11.8 Å². The van der Waals surface area contributed by atoms with Crippen LogP contribution in [-0.2, 0) is 4.79 Å². The molecular weight excluding hydrogens is 320 g/mol. The van der Waals surface area contributed by atoms with Crippen LogP contribution in [0.2, 0.25) is 0 Å². The van der Waals surface area contributed by atoms with Crippen molar-refractivity contribution >= 4 is 23.1 Å². The molecule has 0 atom stereocenters. The molecule has 130 valence electrons. The normalized spacial score (nSPS) is 15.7. The van der Waals surface area contributed by atoms with Gasteiger partial charge in [-0.2, -0.15) is 5.10 Å². The summed E-state index contributed by atoms with van der Waals surface area (Å²) in [6.07, 6.45) is 5.17. The molecule has 3 aromatic heterocycles. The fourth-order valence-corrected chi connectivity index (χ4v) is 3.28. The molecule has 0 unspecified atom stereocenters. The molecule has 1 aliphatic heterocycles. The second-order valence-electron chi connectivity index (χ2n) is 6.44. The lowest BCUT2D eigenvalue weighted by Gasteiger charge is -2.32. The van der Waals surface area contributed by atoms with E-state index >= 15 is 0 Å². The average Bonchev–Trinajstić information content (AvgIpc) is 3.19. The molecule has 0 spiro atoms. The van der Waals surface area contributed by atoms with Gasteiger partial charge in [0.2, 0.25) is 5.91 Å². The number of hydrogen-bond donors (Lipinski definition) is 1. The van der Waals surface area contributed by atoms with E-state index in [4.69, 9.17) is 4.52 Å². The molecule has 1 amide bonds. The van der Waals surface area contributed by atoms with Crippen LogP contribution in [0.25, 0.3) is 5.52 Å². The predicted octanol–water partition coefficient (Wildman–Crippen LogP) is 2.19. The largest absolute Gasteiger partial charge is 0.360 e. The highest BCUT2D eigenvalue weighted by atomic mass is 16.5. The quantitative estimate of drug-likeness (QED) is 0.786. The van der Waals surface area contributed by atoms with E-state index in [1.165, 1.54) is 0 Å². The van der Waals surface area contributed by atoms with Crippen LogP contribution in [0.4, 0.5) is 11.6 Å². The zero-order chi connectivity index (χ0) is 17.4. The molecular formula is C17H20N6O2. The Morgan fingerprint density at radius 3 is 2.80 bits per heavy atom. The third-order valence-electron chi connectivity index (χ3n) is 4.54. The topological polar surface area (TPSA) is 88.6 Å². The Morgan fingerprint density at radius 1 is 1.28 bits per heavy atom. The third-order valence-corrected chi connectivity index (χ3v) is 4.54. The summed E-state index contributed by atoms with van der Waals surface area (Å²) in [4.78, 5) is 19.1. The van der Waals surface area contributed by atoms with Crippen molar-refractivity contribution in [3.8, 4) is 0 Å². The Labute approximate surface area is 144 Å². The van der Waals surface area contributed by atoms with E-state index in [1.807, 2.05) is 23.7 Å². The zero-order valence-electron chi connectivity index (χ0n) is 14.3. The number of hydrogen-bond acceptors (Lipinski definition) is 6. The van der Waals surface area contributed by atoms with Gasteiger partial charge in [0.15, 0.2) is 11.6 Å². The van der Waals surface area contributed by atoms with E-state index in [2.05, 4.69) is 25.5 Å². The molecule has 8 heteroatoms. The van der Waals surface area contributed by atoms with Crippen LogP contribution in [0.5, 0.6) is 0 Å². The van der Waals surface area contributed by atoms with Crippen molar-refractivity contribution in [3.63, 3.8) is 0 Å². The molecule has 0 aromatic carbocycles. The summed E-state index contributed by atoms with van der Waals surface area (Å²) in [5, 5.41) is 11.1. The minimum Gasteiger partial charge on any atom is -0.360 e. The molecule has 0 bridgehead atoms. The van der Waals surface area contributed by atoms with Crippen molar-refractivity contribution in [1.82, 2.24) is 19.8 Å². The highest BCUT2D eigenvalue weighted by Crippen LogP contribution is 2.26. The van der Waals surface area contributed by atoms with Crippen molar-refractivity contribution in [2.24, 2.45) is 5.92 Å². The van der Waals surface area contributed by atoms with Gasteiger partial charge in [0.05, 0.1) is 5.69 Å². The molecule has 1 aliphatic rings. The lowest BCUT2D eigenvalue weighted by atomic mass is 9.96. The SMILES string of the molecule is Cc1cc2c(N3CCC(C(=O)Nc4cc(C)on4)CC3)nccn2n1. The molecule has 3 aromatic rings. The maximum atomic E-state index is 12.4. The average molecular weight is 340 g/mol. The van der Waals surface area contributed by atoms with Gasteiger partial charge in [0.1, 0.15) is 11.3 Å². The number of fused-ring (bicyclic) bond motifs is 1. The summed E-state index contributed by atoms with van der Waals surface area (Å²) in [6.45, 7) is 5.34. The highest BCUT2D eigenvalue weighted by Gasteiger charge is 2.27. The summed E-state index contributed by atoms with van der Waals surface area (Å²) < 4.78 is 6.83. The van der Waals surface area contributed by atoms with Gasteiger partial charge in [0.25, 0.3) is 0 Å². The van der Waals surface area contributed by atoms with Gasteiger partial charge >= 0.3 is 0 Å². The van der Waals surface area contributed by atoms with E-state index in [0.29, 0.717) is 11.6 Å². The van der Waals surface area contributed by atoms with Crippen LogP contribution >= 0.6 is 0 Å². The van der Waals surface area contributed by atoms with Crippen LogP contribution in [0.3, 0.4) is 0 Å². The maximum Gasteiger partial charge on any atom is 0.228 e. The molecule has 4 heterocycles. The fraction of sp³-hybridized carbons (Fsp3) is 0.412. The second kappa shape index (κ2) is 6.19. The maximum absolute atomic E-state index is 12.4. The second-order valence-corrected chi connectivity index (χ2v) is 6.44. The van der Waals surface area contributed by atoms with Gasteiger partial charge in [0, 0.05) is 37.5 Å². The summed E-state index contributed by atoms with van der Waals surface area (Å²) >= 11 is 0. The fourth-order valence-electron chi connectivity index (χ4n) is 3.28. The number of nitrogens with one attached hydrogen (secondary N) is 1. The Hall–Kier alpha value is -2.90. The number of carbonyl (C=O) groups is 1. The van der Waals surface area contributed by atoms with E-state index in [9.17, 15) is 4.79 Å². The van der Waals surface area contributed by atoms with Crippen molar-refractivity contribution in [1.29, 1.82) is 0 Å². The molecule has 8 nitrogen and oxygen atoms in total. The van der Waals surface area contributed by atoms with Gasteiger partial charge in [-0.25, -0.2) is 9.50 Å². The molecule has 0 radical (unpaired) electrons. The van der Waals surface area contributed by atoms with E-state index < -0.39 is 0 Å². The number of carbonyl (C=O) groups excluding carboxylic acids is 1. The summed E-state index contributed by atoms with van der Waals surface area (Å²) in [5.74, 6) is 2.06. The van der Waals surface area contributed by atoms with Crippen LogP contribution in [0, 0.1) is 19.8 Å². The molecule has 1 saturated heterocycles. The van der Waals surface area contributed by atoms with Crippen LogP contribution < -0.4 is 10.2 Å². The minimum atomic E-state index is -0.0281. The first-order valence-electron chi connectivity index (χ1n) is 8.40. The molecule has 0 saturated carbocycles. The van der Waals surface area contributed by atoms with Gasteiger partial charge in [-0.1, -0.05) is 5.16 Å². The number of amides is 1. The molecule has 0 aliphatic carbocycles. The highest BCUT2D eigenvalue weighted by molar-refractivity contribution is 5.91. The Kier molecular flexibility index (Phi) is 3.87. The van der Waals surface area contributed by atoms with Crippen LogP contribution in [0.1, 0.15) is 24.3 Å². The van der Waals surface area contributed by atoms with Crippen molar-refractivity contribution < 1.29 is 9.32 Å². The first-order valence-corrected chi connectivity index (χ1v) is 8.40. The van der Waals surface area contributed by atoms with Crippen LogP contribution in [-0.4, -0.2) is 38.8 Å². The van der Waals surface area contributed by atoms with Crippen molar-refractivity contribution in [3.05, 3.63) is 36.0 Å². The molecule has 4 rings (SSSR count). The van der Waals surface area contributed by atoms with Crippen LogP contribution in [0.15, 0.2) is 29.0 Å². The first-order chi connectivity index (χ1) is 12.1. The van der Waals surface area contributed by atoms with Crippen molar-refractivity contribution in [2.45, 2.75) is 26.7 Å². The minimum absolute atomic E-state index is 0.000634. The van der Waals surface area contributed by atoms with Gasteiger partial charge in [-0.3, -0.25) is 4.79 Å². The number of anilines is 2. The summed E-state index contributed by atoms with van der Waals surface area (Å²) in [6, 6.07) is 3.76. The summed E-state index contributed by atoms with van der Waals surface area (Å²) in [5.41, 5.74) is 1.97. The lowest BCUT2D eigenvalue weighted by Crippen LogP contribution is -2.38. The lowest BCUT2D eigenvalue weighted by molar-refractivity contribution is -0.120. The zero-order valence-corrected chi connectivity index (χ0v) is 14.3. The van der Waals surface area contributed by atoms with Gasteiger partial charge in [-0.15, -0.1) is 0 Å². The van der Waals surface area contributed by atoms with Gasteiger partial charge in [-0.05, 0) is 32.8 Å². The summed E-state index contributed by atoms with van der Waals surface area (Å²) in [7, 11) is 0. The van der Waals surface area contributed by atoms with Crippen molar-refractivity contribution in [2.75, 3.05) is 23.3 Å². The Morgan fingerprint density at radius 2 is 2.08 bits per heavy atom. The Bertz CT molecular complexity index is 907. The van der Waals surface area contributed by atoms with E-state index in [1.54, 1.807) is 19.2 Å². The number of aryl methyl sites for hydroxylation is 2. The van der Waals surface area contributed by atoms with Gasteiger partial charge < -0.3 is 14.7 Å². The number of piperidine rings is 1. The number of rotatable bonds is 3. The Balaban J connectivity index is 1.43.